The fourth-order valence-electron chi connectivity index (χ4n) is 1.45. The Labute approximate surface area is 83.0 Å². The minimum Gasteiger partial charge on any atom is -0.307 e. The largest absolute Gasteiger partial charge is 0.307 e. The van der Waals surface area contributed by atoms with Gasteiger partial charge in [-0.15, -0.1) is 0 Å². The molecular weight excluding hydrogens is 180 g/mol. The summed E-state index contributed by atoms with van der Waals surface area (Å²) in [5.74, 6) is 1.31. The lowest BCUT2D eigenvalue weighted by molar-refractivity contribution is 0.879. The molecule has 0 spiro atoms. The first-order valence-corrected chi connectivity index (χ1v) is 4.98. The average molecular weight is 192 g/mol. The molecule has 2 aromatic rings. The minimum atomic E-state index is 0.453. The zero-order valence-electron chi connectivity index (χ0n) is 7.51. The van der Waals surface area contributed by atoms with Crippen molar-refractivity contribution in [2.24, 2.45) is 0 Å². The number of hydrogen-bond acceptors (Lipinski definition) is 2. The van der Waals surface area contributed by atoms with E-state index in [-0.39, 0.29) is 0 Å². The van der Waals surface area contributed by atoms with Crippen molar-refractivity contribution in [3.05, 3.63) is 36.3 Å². The number of nitrogens with zero attached hydrogens (tertiary/aromatic N) is 2. The number of aromatic nitrogens is 2. The molecule has 0 amide bonds. The Hall–Kier alpha value is -0.960. The highest BCUT2D eigenvalue weighted by Crippen LogP contribution is 2.20. The average Bonchev–Trinajstić information content (AvgIpc) is 2.63. The second-order valence-corrected chi connectivity index (χ2v) is 3.57. The third-order valence-electron chi connectivity index (χ3n) is 2.25. The van der Waals surface area contributed by atoms with E-state index in [1.807, 2.05) is 29.1 Å². The molecule has 1 atom stereocenters. The SMILES string of the molecule is CC(CS)c1cccn2ccnc12. The Bertz CT molecular complexity index is 408. The van der Waals surface area contributed by atoms with E-state index in [9.17, 15) is 0 Å². The van der Waals surface area contributed by atoms with Gasteiger partial charge in [0.25, 0.3) is 0 Å². The summed E-state index contributed by atoms with van der Waals surface area (Å²) in [6.45, 7) is 2.16. The van der Waals surface area contributed by atoms with Gasteiger partial charge < -0.3 is 4.40 Å². The van der Waals surface area contributed by atoms with E-state index in [1.165, 1.54) is 5.56 Å². The van der Waals surface area contributed by atoms with Gasteiger partial charge in [-0.1, -0.05) is 13.0 Å². The van der Waals surface area contributed by atoms with Crippen molar-refractivity contribution >= 4 is 18.3 Å². The van der Waals surface area contributed by atoms with Gasteiger partial charge in [-0.3, -0.25) is 0 Å². The van der Waals surface area contributed by atoms with Crippen LogP contribution >= 0.6 is 12.6 Å². The van der Waals surface area contributed by atoms with Gasteiger partial charge in [0.1, 0.15) is 5.65 Å². The number of imidazole rings is 1. The van der Waals surface area contributed by atoms with Crippen molar-refractivity contribution in [2.45, 2.75) is 12.8 Å². The molecule has 0 saturated heterocycles. The fourth-order valence-corrected chi connectivity index (χ4v) is 1.65. The number of fused-ring (bicyclic) bond motifs is 1. The number of rotatable bonds is 2. The maximum absolute atomic E-state index is 4.32. The molecule has 0 saturated carbocycles. The molecule has 1 unspecified atom stereocenters. The van der Waals surface area contributed by atoms with Gasteiger partial charge in [0, 0.05) is 18.6 Å². The Morgan fingerprint density at radius 2 is 2.38 bits per heavy atom. The van der Waals surface area contributed by atoms with Crippen molar-refractivity contribution in [3.63, 3.8) is 0 Å². The number of hydrogen-bond donors (Lipinski definition) is 1. The first-order chi connectivity index (χ1) is 6.33. The van der Waals surface area contributed by atoms with E-state index in [2.05, 4.69) is 30.6 Å². The standard InChI is InChI=1S/C10H12N2S/c1-8(7-13)9-3-2-5-12-6-4-11-10(9)12/h2-6,8,13H,7H2,1H3. The van der Waals surface area contributed by atoms with E-state index in [4.69, 9.17) is 0 Å². The smallest absolute Gasteiger partial charge is 0.140 e. The van der Waals surface area contributed by atoms with E-state index < -0.39 is 0 Å². The van der Waals surface area contributed by atoms with Gasteiger partial charge in [0.15, 0.2) is 0 Å². The Balaban J connectivity index is 2.60. The molecule has 0 aliphatic rings. The van der Waals surface area contributed by atoms with Crippen molar-refractivity contribution < 1.29 is 0 Å². The third kappa shape index (κ3) is 1.44. The van der Waals surface area contributed by atoms with Gasteiger partial charge in [0.2, 0.25) is 0 Å². The molecule has 68 valence electrons. The van der Waals surface area contributed by atoms with Crippen LogP contribution in [0.3, 0.4) is 0 Å². The van der Waals surface area contributed by atoms with Crippen LogP contribution in [0.4, 0.5) is 0 Å². The van der Waals surface area contributed by atoms with E-state index in [0.29, 0.717) is 5.92 Å². The maximum Gasteiger partial charge on any atom is 0.140 e. The predicted molar refractivity (Wildman–Crippen MR) is 57.5 cm³/mol. The first-order valence-electron chi connectivity index (χ1n) is 4.35. The van der Waals surface area contributed by atoms with Gasteiger partial charge in [-0.05, 0) is 23.3 Å². The van der Waals surface area contributed by atoms with Crippen LogP contribution in [-0.2, 0) is 0 Å². The molecule has 0 N–H and O–H groups in total. The van der Waals surface area contributed by atoms with Crippen LogP contribution in [0.2, 0.25) is 0 Å². The van der Waals surface area contributed by atoms with Crippen LogP contribution in [0.1, 0.15) is 18.4 Å². The van der Waals surface area contributed by atoms with Crippen LogP contribution in [0.15, 0.2) is 30.7 Å². The zero-order chi connectivity index (χ0) is 9.26. The molecule has 0 bridgehead atoms. The second kappa shape index (κ2) is 3.42. The molecule has 0 aliphatic carbocycles. The molecule has 2 heterocycles. The first kappa shape index (κ1) is 8.63. The molecular formula is C10H12N2S. The Kier molecular flexibility index (Phi) is 2.27. The third-order valence-corrected chi connectivity index (χ3v) is 2.80. The second-order valence-electron chi connectivity index (χ2n) is 3.21. The molecule has 13 heavy (non-hydrogen) atoms. The Morgan fingerprint density at radius 3 is 3.15 bits per heavy atom. The van der Waals surface area contributed by atoms with Gasteiger partial charge >= 0.3 is 0 Å². The van der Waals surface area contributed by atoms with Crippen LogP contribution < -0.4 is 0 Å². The van der Waals surface area contributed by atoms with Crippen molar-refractivity contribution in [1.82, 2.24) is 9.38 Å². The highest BCUT2D eigenvalue weighted by Gasteiger charge is 2.08. The summed E-state index contributed by atoms with van der Waals surface area (Å²) >= 11 is 4.30. The summed E-state index contributed by atoms with van der Waals surface area (Å²) in [4.78, 5) is 4.32. The number of thiol groups is 1. The molecule has 0 fully saturated rings. The normalized spacial score (nSPS) is 13.4. The highest BCUT2D eigenvalue weighted by atomic mass is 32.1. The molecule has 3 heteroatoms. The van der Waals surface area contributed by atoms with Gasteiger partial charge in [0.05, 0.1) is 0 Å². The number of pyridine rings is 1. The van der Waals surface area contributed by atoms with Crippen molar-refractivity contribution in [3.8, 4) is 0 Å². The fraction of sp³-hybridized carbons (Fsp3) is 0.300. The summed E-state index contributed by atoms with van der Waals surface area (Å²) in [7, 11) is 0. The van der Waals surface area contributed by atoms with E-state index in [1.54, 1.807) is 0 Å². The van der Waals surface area contributed by atoms with Gasteiger partial charge in [-0.2, -0.15) is 12.6 Å². The summed E-state index contributed by atoms with van der Waals surface area (Å²) < 4.78 is 2.04. The summed E-state index contributed by atoms with van der Waals surface area (Å²) in [6.07, 6.45) is 5.80. The van der Waals surface area contributed by atoms with E-state index >= 15 is 0 Å². The lowest BCUT2D eigenvalue weighted by atomic mass is 10.1. The lowest BCUT2D eigenvalue weighted by Gasteiger charge is -2.08. The van der Waals surface area contributed by atoms with Gasteiger partial charge in [-0.25, -0.2) is 4.98 Å². The monoisotopic (exact) mass is 192 g/mol. The molecule has 2 nitrogen and oxygen atoms in total. The summed E-state index contributed by atoms with van der Waals surface area (Å²) in [5.41, 5.74) is 2.31. The maximum atomic E-state index is 4.32. The predicted octanol–water partition coefficient (Wildman–Crippen LogP) is 2.37. The van der Waals surface area contributed by atoms with Crippen molar-refractivity contribution in [2.75, 3.05) is 5.75 Å². The molecule has 2 rings (SSSR count). The quantitative estimate of drug-likeness (QED) is 0.723. The molecule has 0 aromatic carbocycles. The molecule has 0 aliphatic heterocycles. The molecule has 0 radical (unpaired) electrons. The minimum absolute atomic E-state index is 0.453. The van der Waals surface area contributed by atoms with Crippen molar-refractivity contribution in [1.29, 1.82) is 0 Å². The van der Waals surface area contributed by atoms with E-state index in [0.717, 1.165) is 11.4 Å². The van der Waals surface area contributed by atoms with Crippen LogP contribution in [0, 0.1) is 0 Å². The van der Waals surface area contributed by atoms with Crippen LogP contribution in [0.5, 0.6) is 0 Å². The zero-order valence-corrected chi connectivity index (χ0v) is 8.41. The van der Waals surface area contributed by atoms with Crippen LogP contribution in [-0.4, -0.2) is 15.1 Å². The molecule has 2 aromatic heterocycles. The highest BCUT2D eigenvalue weighted by molar-refractivity contribution is 7.80. The van der Waals surface area contributed by atoms with Crippen LogP contribution in [0.25, 0.3) is 5.65 Å². The topological polar surface area (TPSA) is 17.3 Å². The summed E-state index contributed by atoms with van der Waals surface area (Å²) in [5, 5.41) is 0. The summed E-state index contributed by atoms with van der Waals surface area (Å²) in [6, 6.07) is 4.16. The Morgan fingerprint density at radius 1 is 1.54 bits per heavy atom. The lowest BCUT2D eigenvalue weighted by Crippen LogP contribution is -1.98.